The third-order valence-corrected chi connectivity index (χ3v) is 7.91. The maximum Gasteiger partial charge on any atom is 0.490 e. The molecule has 0 spiro atoms. The van der Waals surface area contributed by atoms with Crippen LogP contribution in [-0.2, 0) is 9.59 Å². The fourth-order valence-electron chi connectivity index (χ4n) is 4.62. The monoisotopic (exact) mass is 678 g/mol. The number of aliphatic carboxylic acids is 2. The number of rotatable bonds is 4. The summed E-state index contributed by atoms with van der Waals surface area (Å²) in [6.45, 7) is 3.54. The summed E-state index contributed by atoms with van der Waals surface area (Å²) in [5.74, 6) is -3.53. The lowest BCUT2D eigenvalue weighted by Gasteiger charge is -2.01. The minimum Gasteiger partial charge on any atom is -0.475 e. The number of aliphatic imine (C=N–C) groups is 2. The molecular formula is C30H24F6N6O4S. The first-order chi connectivity index (χ1) is 22.2. The summed E-state index contributed by atoms with van der Waals surface area (Å²) < 4.78 is 63.5. The van der Waals surface area contributed by atoms with Crippen LogP contribution in [0.15, 0.2) is 70.6 Å². The lowest BCUT2D eigenvalue weighted by Crippen LogP contribution is -2.21. The molecule has 0 saturated heterocycles. The number of benzene rings is 2. The van der Waals surface area contributed by atoms with Crippen LogP contribution in [0, 0.1) is 0 Å². The molecule has 2 aromatic carbocycles. The first-order valence-corrected chi connectivity index (χ1v) is 14.5. The number of thiophene rings is 1. The van der Waals surface area contributed by atoms with Gasteiger partial charge in [-0.25, -0.2) is 9.59 Å². The summed E-state index contributed by atoms with van der Waals surface area (Å²) in [6.07, 6.45) is -10.2. The van der Waals surface area contributed by atoms with Gasteiger partial charge in [-0.15, -0.1) is 11.3 Å². The van der Waals surface area contributed by atoms with Crippen LogP contribution in [0.3, 0.4) is 0 Å². The number of H-pyrrole nitrogens is 2. The van der Waals surface area contributed by atoms with E-state index >= 15 is 0 Å². The minimum absolute atomic E-state index is 0.849. The van der Waals surface area contributed by atoms with Gasteiger partial charge in [0.2, 0.25) is 0 Å². The quantitative estimate of drug-likeness (QED) is 0.128. The van der Waals surface area contributed by atoms with Crippen LogP contribution in [0.4, 0.5) is 26.3 Å². The van der Waals surface area contributed by atoms with E-state index in [9.17, 15) is 26.3 Å². The Labute approximate surface area is 264 Å². The van der Waals surface area contributed by atoms with Gasteiger partial charge in [-0.1, -0.05) is 24.3 Å². The maximum absolute atomic E-state index is 10.6. The Morgan fingerprint density at radius 2 is 1.02 bits per heavy atom. The van der Waals surface area contributed by atoms with Crippen molar-refractivity contribution in [1.29, 1.82) is 0 Å². The molecular weight excluding hydrogens is 654 g/mol. The Morgan fingerprint density at radius 3 is 1.34 bits per heavy atom. The van der Waals surface area contributed by atoms with Crippen molar-refractivity contribution in [1.82, 2.24) is 20.6 Å². The number of hydrogen-bond donors (Lipinski definition) is 6. The molecule has 2 aliphatic rings. The molecule has 5 aromatic rings. The fraction of sp³-hybridized carbons (Fsp3) is 0.200. The van der Waals surface area contributed by atoms with Crippen molar-refractivity contribution in [3.8, 4) is 21.1 Å². The normalized spacial score (nSPS) is 14.3. The van der Waals surface area contributed by atoms with Crippen molar-refractivity contribution < 1.29 is 46.1 Å². The third kappa shape index (κ3) is 7.92. The van der Waals surface area contributed by atoms with Gasteiger partial charge in [-0.05, 0) is 36.4 Å². The average molecular weight is 679 g/mol. The molecule has 3 aromatic heterocycles. The standard InChI is InChI=1S/C26H22N6S.2C2HF3O2/c1-3-17(25-27-7-8-28-25)13-19-15(1)11-21(31-19)23-5-6-24(33-23)22-12-16-2-4-18(14-20(16)32-22)26-29-9-10-30-26;2*3-2(4,5)1(6)7/h1-6,11-14,31-32H,7-10H2,(H,27,28)(H,29,30);2*(H,6,7). The van der Waals surface area contributed by atoms with E-state index in [1.165, 1.54) is 20.5 Å². The van der Waals surface area contributed by atoms with E-state index in [1.54, 1.807) is 11.3 Å². The Hall–Kier alpha value is -5.32. The molecule has 0 aliphatic carbocycles. The zero-order valence-electron chi connectivity index (χ0n) is 23.9. The molecule has 246 valence electrons. The van der Waals surface area contributed by atoms with Crippen LogP contribution in [-0.4, -0.2) is 82.3 Å². The number of alkyl halides is 6. The van der Waals surface area contributed by atoms with Gasteiger partial charge >= 0.3 is 24.3 Å². The molecule has 17 heteroatoms. The van der Waals surface area contributed by atoms with E-state index < -0.39 is 24.3 Å². The van der Waals surface area contributed by atoms with Gasteiger partial charge in [-0.2, -0.15) is 26.3 Å². The zero-order chi connectivity index (χ0) is 33.9. The minimum atomic E-state index is -5.08. The highest BCUT2D eigenvalue weighted by Crippen LogP contribution is 2.36. The molecule has 0 fully saturated rings. The number of hydrogen-bond acceptors (Lipinski definition) is 7. The van der Waals surface area contributed by atoms with Gasteiger partial charge in [0.25, 0.3) is 0 Å². The van der Waals surface area contributed by atoms with E-state index in [4.69, 9.17) is 19.8 Å². The first-order valence-electron chi connectivity index (χ1n) is 13.7. The molecule has 0 atom stereocenters. The van der Waals surface area contributed by atoms with Crippen LogP contribution in [0.25, 0.3) is 42.9 Å². The van der Waals surface area contributed by atoms with Gasteiger partial charge in [0.1, 0.15) is 11.7 Å². The van der Waals surface area contributed by atoms with Crippen molar-refractivity contribution >= 4 is 56.8 Å². The van der Waals surface area contributed by atoms with Crippen LogP contribution < -0.4 is 10.6 Å². The van der Waals surface area contributed by atoms with Gasteiger partial charge in [-0.3, -0.25) is 9.98 Å². The molecule has 0 bridgehead atoms. The summed E-state index contributed by atoms with van der Waals surface area (Å²) in [4.78, 5) is 36.5. The lowest BCUT2D eigenvalue weighted by atomic mass is 10.1. The molecule has 6 N–H and O–H groups in total. The molecule has 0 amide bonds. The molecule has 5 heterocycles. The highest BCUT2D eigenvalue weighted by Gasteiger charge is 2.38. The SMILES string of the molecule is O=C(O)C(F)(F)F.O=C(O)C(F)(F)F.c1cc2cc(-c3ccc(-c4cc5ccc(C6=NCCN6)cc5[nH]4)s3)[nH]c2cc1C1=NCCN1. The summed E-state index contributed by atoms with van der Waals surface area (Å²) in [5.41, 5.74) is 6.82. The molecule has 2 aliphatic heterocycles. The number of carboxylic acid groups (broad SMARTS) is 2. The molecule has 0 saturated carbocycles. The summed E-state index contributed by atoms with van der Waals surface area (Å²) >= 11 is 1.79. The van der Waals surface area contributed by atoms with E-state index in [0.717, 1.165) is 71.4 Å². The number of nitrogens with one attached hydrogen (secondary N) is 4. The predicted octanol–water partition coefficient (Wildman–Crippen LogP) is 6.01. The number of carbonyl (C=O) groups is 2. The molecule has 10 nitrogen and oxygen atoms in total. The largest absolute Gasteiger partial charge is 0.490 e. The van der Waals surface area contributed by atoms with Gasteiger partial charge in [0, 0.05) is 46.0 Å². The highest BCUT2D eigenvalue weighted by molar-refractivity contribution is 7.18. The summed E-state index contributed by atoms with van der Waals surface area (Å²) in [6, 6.07) is 21.8. The summed E-state index contributed by atoms with van der Waals surface area (Å²) in [7, 11) is 0. The topological polar surface area (TPSA) is 155 Å². The van der Waals surface area contributed by atoms with Gasteiger partial charge in [0.15, 0.2) is 0 Å². The second-order valence-corrected chi connectivity index (χ2v) is 11.1. The Bertz CT molecular complexity index is 1870. The van der Waals surface area contributed by atoms with Crippen molar-refractivity contribution in [3.05, 3.63) is 71.8 Å². The van der Waals surface area contributed by atoms with Gasteiger partial charge < -0.3 is 30.8 Å². The average Bonchev–Trinajstić information content (AvgIpc) is 3.83. The number of aromatic nitrogens is 2. The number of amidine groups is 2. The number of carboxylic acids is 2. The first kappa shape index (κ1) is 33.1. The Balaban J connectivity index is 0.000000262. The van der Waals surface area contributed by atoms with Crippen LogP contribution in [0.1, 0.15) is 11.1 Å². The van der Waals surface area contributed by atoms with Crippen molar-refractivity contribution in [2.45, 2.75) is 12.4 Å². The fourth-order valence-corrected chi connectivity index (χ4v) is 5.57. The summed E-state index contributed by atoms with van der Waals surface area (Å²) in [5, 5.41) is 23.4. The number of fused-ring (bicyclic) bond motifs is 2. The van der Waals surface area contributed by atoms with Crippen molar-refractivity contribution in [3.63, 3.8) is 0 Å². The Morgan fingerprint density at radius 1 is 0.638 bits per heavy atom. The van der Waals surface area contributed by atoms with Crippen molar-refractivity contribution in [2.24, 2.45) is 9.98 Å². The highest BCUT2D eigenvalue weighted by atomic mass is 32.1. The number of halogens is 6. The van der Waals surface area contributed by atoms with Gasteiger partial charge in [0.05, 0.1) is 34.2 Å². The molecule has 0 radical (unpaired) electrons. The predicted molar refractivity (Wildman–Crippen MR) is 165 cm³/mol. The lowest BCUT2D eigenvalue weighted by molar-refractivity contribution is -0.193. The van der Waals surface area contributed by atoms with E-state index in [0.29, 0.717) is 0 Å². The van der Waals surface area contributed by atoms with E-state index in [2.05, 4.69) is 91.3 Å². The zero-order valence-corrected chi connectivity index (χ0v) is 24.7. The molecule has 47 heavy (non-hydrogen) atoms. The van der Waals surface area contributed by atoms with Crippen LogP contribution in [0.2, 0.25) is 0 Å². The maximum atomic E-state index is 10.6. The second kappa shape index (κ2) is 13.2. The van der Waals surface area contributed by atoms with E-state index in [-0.39, 0.29) is 0 Å². The van der Waals surface area contributed by atoms with Crippen LogP contribution >= 0.6 is 11.3 Å². The molecule has 7 rings (SSSR count). The van der Waals surface area contributed by atoms with Crippen molar-refractivity contribution in [2.75, 3.05) is 26.2 Å². The number of nitrogens with zero attached hydrogens (tertiary/aromatic N) is 2. The van der Waals surface area contributed by atoms with Crippen LogP contribution in [0.5, 0.6) is 0 Å². The Kier molecular flexibility index (Phi) is 9.28. The molecule has 0 unspecified atom stereocenters. The smallest absolute Gasteiger partial charge is 0.475 e. The number of aromatic amines is 2. The third-order valence-electron chi connectivity index (χ3n) is 6.76. The van der Waals surface area contributed by atoms with E-state index in [1.807, 2.05) is 0 Å². The second-order valence-electron chi connectivity index (χ2n) is 10.1.